The quantitative estimate of drug-likeness (QED) is 0.860. The number of aliphatic carboxylic acids is 1. The van der Waals surface area contributed by atoms with Crippen molar-refractivity contribution in [2.45, 2.75) is 13.0 Å². The summed E-state index contributed by atoms with van der Waals surface area (Å²) in [5.74, 6) is -1.92. The van der Waals surface area contributed by atoms with Gasteiger partial charge in [-0.05, 0) is 6.92 Å². The number of hydrogen-bond acceptors (Lipinski definition) is 4. The maximum Gasteiger partial charge on any atom is 0.328 e. The van der Waals surface area contributed by atoms with Gasteiger partial charge in [0.15, 0.2) is 6.04 Å². The number of carboxylic acid groups (broad SMARTS) is 1. The van der Waals surface area contributed by atoms with Gasteiger partial charge >= 0.3 is 5.97 Å². The van der Waals surface area contributed by atoms with Gasteiger partial charge in [-0.1, -0.05) is 34.8 Å². The van der Waals surface area contributed by atoms with Crippen LogP contribution in [0.15, 0.2) is 0 Å². The van der Waals surface area contributed by atoms with Gasteiger partial charge in [0.05, 0.1) is 17.2 Å². The van der Waals surface area contributed by atoms with Crippen LogP contribution in [0.2, 0.25) is 14.4 Å². The predicted molar refractivity (Wildman–Crippen MR) is 69.6 cm³/mol. The molecule has 1 N–H and O–H groups in total. The van der Waals surface area contributed by atoms with Crippen molar-refractivity contribution >= 4 is 58.0 Å². The third-order valence-electron chi connectivity index (χ3n) is 2.06. The Hall–Kier alpha value is -0.530. The average molecular weight is 333 g/mol. The average Bonchev–Trinajstić information content (AvgIpc) is 2.57. The van der Waals surface area contributed by atoms with Crippen molar-refractivity contribution in [3.05, 3.63) is 19.3 Å². The van der Waals surface area contributed by atoms with E-state index in [4.69, 9.17) is 44.7 Å². The number of carbonyl (C=O) groups is 2. The molecule has 0 spiro atoms. The standard InChI is InChI=1S/C9H8Cl3NO4S/c1-3(9(15)16)13(17-2)8(14)6-4(10)5(11)7(12)18-6/h3H,1-2H3,(H,15,16). The molecule has 18 heavy (non-hydrogen) atoms. The summed E-state index contributed by atoms with van der Waals surface area (Å²) in [6, 6.07) is -1.17. The number of hydrogen-bond donors (Lipinski definition) is 1. The maximum absolute atomic E-state index is 12.1. The summed E-state index contributed by atoms with van der Waals surface area (Å²) in [5.41, 5.74) is 0. The first-order chi connectivity index (χ1) is 8.31. The number of thiophene rings is 1. The third kappa shape index (κ3) is 2.89. The number of nitrogens with zero attached hydrogens (tertiary/aromatic N) is 1. The van der Waals surface area contributed by atoms with Gasteiger partial charge in [0.1, 0.15) is 9.21 Å². The lowest BCUT2D eigenvalue weighted by molar-refractivity contribution is -0.163. The molecule has 0 bridgehead atoms. The van der Waals surface area contributed by atoms with Crippen LogP contribution in [0.1, 0.15) is 16.6 Å². The summed E-state index contributed by atoms with van der Waals surface area (Å²) in [7, 11) is 1.18. The Kier molecular flexibility index (Phi) is 5.24. The fourth-order valence-corrected chi connectivity index (χ4v) is 2.85. The lowest BCUT2D eigenvalue weighted by Gasteiger charge is -2.22. The Bertz CT molecular complexity index is 490. The fraction of sp³-hybridized carbons (Fsp3) is 0.333. The first-order valence-electron chi connectivity index (χ1n) is 4.55. The molecule has 0 saturated carbocycles. The van der Waals surface area contributed by atoms with Gasteiger partial charge in [-0.3, -0.25) is 9.63 Å². The van der Waals surface area contributed by atoms with Crippen LogP contribution in [0.5, 0.6) is 0 Å². The molecule has 1 atom stereocenters. The summed E-state index contributed by atoms with van der Waals surface area (Å²) in [4.78, 5) is 27.7. The molecule has 1 rings (SSSR count). The van der Waals surface area contributed by atoms with Gasteiger partial charge in [-0.15, -0.1) is 11.3 Å². The topological polar surface area (TPSA) is 66.8 Å². The highest BCUT2D eigenvalue weighted by atomic mass is 35.5. The molecule has 5 nitrogen and oxygen atoms in total. The van der Waals surface area contributed by atoms with Crippen molar-refractivity contribution in [3.63, 3.8) is 0 Å². The molecule has 0 aliphatic rings. The molecule has 1 amide bonds. The van der Waals surface area contributed by atoms with Crippen molar-refractivity contribution in [2.24, 2.45) is 0 Å². The molecular formula is C9H8Cl3NO4S. The molecule has 1 aromatic heterocycles. The van der Waals surface area contributed by atoms with Crippen LogP contribution in [0.25, 0.3) is 0 Å². The van der Waals surface area contributed by atoms with Crippen LogP contribution in [-0.4, -0.2) is 35.2 Å². The third-order valence-corrected chi connectivity index (χ3v) is 4.62. The van der Waals surface area contributed by atoms with E-state index in [1.165, 1.54) is 14.0 Å². The lowest BCUT2D eigenvalue weighted by Crippen LogP contribution is -2.42. The summed E-state index contributed by atoms with van der Waals surface area (Å²) >= 11 is 18.2. The monoisotopic (exact) mass is 331 g/mol. The molecule has 0 radical (unpaired) electrons. The van der Waals surface area contributed by atoms with E-state index in [9.17, 15) is 9.59 Å². The Morgan fingerprint density at radius 1 is 1.33 bits per heavy atom. The van der Waals surface area contributed by atoms with Gasteiger partial charge in [-0.2, -0.15) is 0 Å². The Morgan fingerprint density at radius 2 is 1.89 bits per heavy atom. The molecule has 0 saturated heterocycles. The molecule has 9 heteroatoms. The second-order valence-corrected chi connectivity index (χ2v) is 5.54. The summed E-state index contributed by atoms with van der Waals surface area (Å²) in [6.07, 6.45) is 0. The Morgan fingerprint density at radius 3 is 2.22 bits per heavy atom. The van der Waals surface area contributed by atoms with E-state index in [0.29, 0.717) is 5.06 Å². The van der Waals surface area contributed by atoms with E-state index in [0.717, 1.165) is 11.3 Å². The minimum atomic E-state index is -1.21. The molecule has 0 aliphatic heterocycles. The van der Waals surface area contributed by atoms with Crippen LogP contribution >= 0.6 is 46.1 Å². The Balaban J connectivity index is 3.11. The highest BCUT2D eigenvalue weighted by molar-refractivity contribution is 7.19. The first-order valence-corrected chi connectivity index (χ1v) is 6.50. The van der Waals surface area contributed by atoms with Gasteiger partial charge in [0, 0.05) is 0 Å². The van der Waals surface area contributed by atoms with E-state index in [1.54, 1.807) is 0 Å². The summed E-state index contributed by atoms with van der Waals surface area (Å²) in [6.45, 7) is 1.30. The minimum Gasteiger partial charge on any atom is -0.480 e. The highest BCUT2D eigenvalue weighted by Gasteiger charge is 2.31. The number of hydroxylamine groups is 2. The molecule has 1 heterocycles. The van der Waals surface area contributed by atoms with Gasteiger partial charge < -0.3 is 5.11 Å². The zero-order valence-corrected chi connectivity index (χ0v) is 12.3. The molecule has 1 aromatic rings. The molecule has 0 aliphatic carbocycles. The van der Waals surface area contributed by atoms with Gasteiger partial charge in [0.25, 0.3) is 5.91 Å². The second-order valence-electron chi connectivity index (χ2n) is 3.16. The van der Waals surface area contributed by atoms with Crippen molar-refractivity contribution in [2.75, 3.05) is 7.11 Å². The number of carbonyl (C=O) groups excluding carboxylic acids is 1. The van der Waals surface area contributed by atoms with E-state index >= 15 is 0 Å². The van der Waals surface area contributed by atoms with Crippen LogP contribution in [0, 0.1) is 0 Å². The van der Waals surface area contributed by atoms with E-state index in [-0.39, 0.29) is 19.3 Å². The minimum absolute atomic E-state index is 0.0173. The number of rotatable bonds is 4. The second kappa shape index (κ2) is 6.08. The number of amides is 1. The normalized spacial score (nSPS) is 12.3. The molecule has 0 aromatic carbocycles. The summed E-state index contributed by atoms with van der Waals surface area (Å²) < 4.78 is 0.157. The molecule has 100 valence electrons. The van der Waals surface area contributed by atoms with Crippen molar-refractivity contribution in [1.82, 2.24) is 5.06 Å². The summed E-state index contributed by atoms with van der Waals surface area (Å²) in [5, 5.41) is 9.58. The fourth-order valence-electron chi connectivity index (χ4n) is 1.12. The molecule has 1 unspecified atom stereocenters. The van der Waals surface area contributed by atoms with Gasteiger partial charge in [0.2, 0.25) is 0 Å². The zero-order valence-electron chi connectivity index (χ0n) is 9.24. The maximum atomic E-state index is 12.1. The van der Waals surface area contributed by atoms with Crippen molar-refractivity contribution in [1.29, 1.82) is 0 Å². The predicted octanol–water partition coefficient (Wildman–Crippen LogP) is 3.19. The largest absolute Gasteiger partial charge is 0.480 e. The van der Waals surface area contributed by atoms with Crippen molar-refractivity contribution < 1.29 is 19.5 Å². The van der Waals surface area contributed by atoms with E-state index in [2.05, 4.69) is 0 Å². The van der Waals surface area contributed by atoms with Crippen LogP contribution in [-0.2, 0) is 9.63 Å². The highest BCUT2D eigenvalue weighted by Crippen LogP contribution is 2.41. The lowest BCUT2D eigenvalue weighted by atomic mass is 10.3. The molecular weight excluding hydrogens is 325 g/mol. The first kappa shape index (κ1) is 15.5. The zero-order chi connectivity index (χ0) is 14.0. The van der Waals surface area contributed by atoms with E-state index < -0.39 is 17.9 Å². The van der Waals surface area contributed by atoms with Crippen LogP contribution in [0.3, 0.4) is 0 Å². The van der Waals surface area contributed by atoms with E-state index in [1.807, 2.05) is 0 Å². The SMILES string of the molecule is CON(C(=O)c1sc(Cl)c(Cl)c1Cl)C(C)C(=O)O. The number of halogens is 3. The Labute approximate surface area is 122 Å². The molecule has 0 fully saturated rings. The van der Waals surface area contributed by atoms with Crippen LogP contribution < -0.4 is 0 Å². The number of carboxylic acids is 1. The van der Waals surface area contributed by atoms with Crippen LogP contribution in [0.4, 0.5) is 0 Å². The van der Waals surface area contributed by atoms with Crippen molar-refractivity contribution in [3.8, 4) is 0 Å². The smallest absolute Gasteiger partial charge is 0.328 e. The van der Waals surface area contributed by atoms with Gasteiger partial charge in [-0.25, -0.2) is 9.86 Å².